The monoisotopic (exact) mass is 464 g/mol. The lowest BCUT2D eigenvalue weighted by Gasteiger charge is -2.19. The first-order valence-corrected chi connectivity index (χ1v) is 11.5. The van der Waals surface area contributed by atoms with E-state index in [-0.39, 0.29) is 22.3 Å². The van der Waals surface area contributed by atoms with E-state index in [0.717, 1.165) is 18.4 Å². The Labute approximate surface area is 188 Å². The Kier molecular flexibility index (Phi) is 7.15. The first kappa shape index (κ1) is 23.7. The van der Waals surface area contributed by atoms with Gasteiger partial charge in [-0.2, -0.15) is 0 Å². The van der Waals surface area contributed by atoms with Crippen molar-refractivity contribution >= 4 is 15.9 Å². The second kappa shape index (κ2) is 9.66. The minimum absolute atomic E-state index is 0.0674. The molecule has 0 bridgehead atoms. The van der Waals surface area contributed by atoms with Gasteiger partial charge < -0.3 is 24.3 Å². The molecule has 0 heterocycles. The summed E-state index contributed by atoms with van der Waals surface area (Å²) in [4.78, 5) is 12.9. The van der Waals surface area contributed by atoms with Crippen molar-refractivity contribution in [3.05, 3.63) is 41.5 Å². The van der Waals surface area contributed by atoms with Gasteiger partial charge in [0.15, 0.2) is 11.5 Å². The lowest BCUT2D eigenvalue weighted by molar-refractivity contribution is 0.0939. The Morgan fingerprint density at radius 1 is 0.938 bits per heavy atom. The third-order valence-corrected chi connectivity index (χ3v) is 6.69. The summed E-state index contributed by atoms with van der Waals surface area (Å²) in [6.45, 7) is 1.80. The van der Waals surface area contributed by atoms with E-state index in [2.05, 4.69) is 10.0 Å². The smallest absolute Gasteiger partial charge is 0.251 e. The van der Waals surface area contributed by atoms with E-state index < -0.39 is 22.0 Å². The van der Waals surface area contributed by atoms with Crippen molar-refractivity contribution in [2.24, 2.45) is 0 Å². The number of nitrogens with one attached hydrogen (secondary N) is 2. The quantitative estimate of drug-likeness (QED) is 0.556. The predicted octanol–water partition coefficient (Wildman–Crippen LogP) is 2.65. The van der Waals surface area contributed by atoms with Gasteiger partial charge in [0.25, 0.3) is 5.91 Å². The van der Waals surface area contributed by atoms with Crippen molar-refractivity contribution in [3.8, 4) is 23.0 Å². The Hall–Kier alpha value is -2.98. The fraction of sp³-hybridized carbons (Fsp3) is 0.409. The van der Waals surface area contributed by atoms with Gasteiger partial charge in [0.1, 0.15) is 10.6 Å². The van der Waals surface area contributed by atoms with E-state index in [1.54, 1.807) is 19.1 Å². The number of hydrogen-bond donors (Lipinski definition) is 2. The summed E-state index contributed by atoms with van der Waals surface area (Å²) in [5.41, 5.74) is 0.922. The van der Waals surface area contributed by atoms with Crippen molar-refractivity contribution in [1.29, 1.82) is 0 Å². The molecule has 1 fully saturated rings. The molecular weight excluding hydrogens is 436 g/mol. The molecule has 1 aliphatic rings. The fourth-order valence-electron chi connectivity index (χ4n) is 3.23. The number of carbonyl (C=O) groups excluding carboxylic acids is 1. The topological polar surface area (TPSA) is 112 Å². The van der Waals surface area contributed by atoms with Crippen LogP contribution in [0.2, 0.25) is 0 Å². The summed E-state index contributed by atoms with van der Waals surface area (Å²) in [5.74, 6) is 1.12. The van der Waals surface area contributed by atoms with Crippen LogP contribution in [0.3, 0.4) is 0 Å². The maximum Gasteiger partial charge on any atom is 0.251 e. The average molecular weight is 465 g/mol. The molecule has 10 heteroatoms. The molecule has 0 saturated heterocycles. The van der Waals surface area contributed by atoms with Gasteiger partial charge in [-0.15, -0.1) is 0 Å². The summed E-state index contributed by atoms with van der Waals surface area (Å²) < 4.78 is 49.3. The molecular formula is C22H28N2O7S. The lowest BCUT2D eigenvalue weighted by Crippen LogP contribution is -2.28. The zero-order chi connectivity index (χ0) is 23.5. The van der Waals surface area contributed by atoms with Crippen LogP contribution < -0.4 is 29.0 Å². The van der Waals surface area contributed by atoms with E-state index in [9.17, 15) is 13.2 Å². The van der Waals surface area contributed by atoms with E-state index in [1.807, 2.05) is 0 Å². The van der Waals surface area contributed by atoms with E-state index in [0.29, 0.717) is 17.2 Å². The standard InChI is InChI=1S/C22H28N2O7S/c1-13(15-10-18(29-3)21(31-5)19(11-15)30-4)23-22(25)14-6-9-17(28-2)20(12-14)32(26,27)24-16-7-8-16/h6,9-13,16,24H,7-8H2,1-5H3,(H,23,25). The third-order valence-electron chi connectivity index (χ3n) is 5.15. The van der Waals surface area contributed by atoms with Crippen molar-refractivity contribution in [3.63, 3.8) is 0 Å². The van der Waals surface area contributed by atoms with Crippen molar-refractivity contribution in [2.75, 3.05) is 28.4 Å². The first-order valence-electron chi connectivity index (χ1n) is 10.0. The van der Waals surface area contributed by atoms with Gasteiger partial charge >= 0.3 is 0 Å². The number of methoxy groups -OCH3 is 4. The molecule has 32 heavy (non-hydrogen) atoms. The SMILES string of the molecule is COc1ccc(C(=O)NC(C)c2cc(OC)c(OC)c(OC)c2)cc1S(=O)(=O)NC1CC1. The Morgan fingerprint density at radius 2 is 1.53 bits per heavy atom. The van der Waals surface area contributed by atoms with Crippen molar-refractivity contribution in [2.45, 2.75) is 36.7 Å². The van der Waals surface area contributed by atoms with E-state index in [1.165, 1.54) is 46.6 Å². The van der Waals surface area contributed by atoms with Crippen LogP contribution >= 0.6 is 0 Å². The van der Waals surface area contributed by atoms with Gasteiger partial charge in [0.05, 0.1) is 34.5 Å². The minimum Gasteiger partial charge on any atom is -0.495 e. The Morgan fingerprint density at radius 3 is 2.03 bits per heavy atom. The Balaban J connectivity index is 1.86. The van der Waals surface area contributed by atoms with Crippen LogP contribution in [-0.2, 0) is 10.0 Å². The number of ether oxygens (including phenoxy) is 4. The van der Waals surface area contributed by atoms with Gasteiger partial charge in [-0.05, 0) is 55.7 Å². The molecule has 1 amide bonds. The summed E-state index contributed by atoms with van der Waals surface area (Å²) in [6, 6.07) is 7.31. The molecule has 2 N–H and O–H groups in total. The molecule has 3 rings (SSSR count). The second-order valence-corrected chi connectivity index (χ2v) is 9.10. The Bertz CT molecular complexity index is 1070. The molecule has 174 valence electrons. The van der Waals surface area contributed by atoms with Gasteiger partial charge in [0.2, 0.25) is 15.8 Å². The van der Waals surface area contributed by atoms with E-state index >= 15 is 0 Å². The normalized spacial score (nSPS) is 14.4. The van der Waals surface area contributed by atoms with Gasteiger partial charge in [-0.25, -0.2) is 13.1 Å². The van der Waals surface area contributed by atoms with Crippen LogP contribution in [0.4, 0.5) is 0 Å². The lowest BCUT2D eigenvalue weighted by atomic mass is 10.1. The summed E-state index contributed by atoms with van der Waals surface area (Å²) in [6.07, 6.45) is 1.60. The summed E-state index contributed by atoms with van der Waals surface area (Å²) >= 11 is 0. The zero-order valence-corrected chi connectivity index (χ0v) is 19.5. The van der Waals surface area contributed by atoms with Gasteiger partial charge in [0, 0.05) is 11.6 Å². The highest BCUT2D eigenvalue weighted by molar-refractivity contribution is 7.89. The minimum atomic E-state index is -3.80. The largest absolute Gasteiger partial charge is 0.495 e. The predicted molar refractivity (Wildman–Crippen MR) is 118 cm³/mol. The highest BCUT2D eigenvalue weighted by Gasteiger charge is 2.30. The number of hydrogen-bond acceptors (Lipinski definition) is 7. The van der Waals surface area contributed by atoms with Crippen LogP contribution in [0, 0.1) is 0 Å². The molecule has 2 aromatic carbocycles. The number of sulfonamides is 1. The molecule has 1 aliphatic carbocycles. The zero-order valence-electron chi connectivity index (χ0n) is 18.7. The average Bonchev–Trinajstić information content (AvgIpc) is 3.60. The van der Waals surface area contributed by atoms with Crippen LogP contribution in [0.5, 0.6) is 23.0 Å². The maximum atomic E-state index is 12.9. The fourth-order valence-corrected chi connectivity index (χ4v) is 4.73. The highest BCUT2D eigenvalue weighted by atomic mass is 32.2. The number of benzene rings is 2. The second-order valence-electron chi connectivity index (χ2n) is 7.42. The molecule has 0 spiro atoms. The van der Waals surface area contributed by atoms with E-state index in [4.69, 9.17) is 18.9 Å². The molecule has 2 aromatic rings. The molecule has 1 atom stereocenters. The molecule has 0 aliphatic heterocycles. The number of rotatable bonds is 10. The van der Waals surface area contributed by atoms with Crippen molar-refractivity contribution in [1.82, 2.24) is 10.0 Å². The molecule has 0 aromatic heterocycles. The van der Waals surface area contributed by atoms with Crippen LogP contribution in [0.15, 0.2) is 35.2 Å². The molecule has 1 unspecified atom stereocenters. The third kappa shape index (κ3) is 5.08. The molecule has 0 radical (unpaired) electrons. The first-order chi connectivity index (χ1) is 15.2. The number of carbonyl (C=O) groups is 1. The maximum absolute atomic E-state index is 12.9. The molecule has 9 nitrogen and oxygen atoms in total. The highest BCUT2D eigenvalue weighted by Crippen LogP contribution is 2.39. The summed E-state index contributed by atoms with van der Waals surface area (Å²) in [7, 11) is 2.12. The van der Waals surface area contributed by atoms with Crippen molar-refractivity contribution < 1.29 is 32.2 Å². The van der Waals surface area contributed by atoms with Crippen LogP contribution in [-0.4, -0.2) is 48.8 Å². The van der Waals surface area contributed by atoms with Gasteiger partial charge in [-0.3, -0.25) is 4.79 Å². The number of amides is 1. The van der Waals surface area contributed by atoms with Gasteiger partial charge in [-0.1, -0.05) is 0 Å². The van der Waals surface area contributed by atoms with Crippen LogP contribution in [0.25, 0.3) is 0 Å². The van der Waals surface area contributed by atoms with Crippen LogP contribution in [0.1, 0.15) is 41.7 Å². The molecule has 1 saturated carbocycles. The summed E-state index contributed by atoms with van der Waals surface area (Å²) in [5, 5.41) is 2.87.